The van der Waals surface area contributed by atoms with Crippen LogP contribution < -0.4 is 4.74 Å². The number of aliphatic hydroxyl groups is 1. The first kappa shape index (κ1) is 13.5. The monoisotopic (exact) mass is 264 g/mol. The van der Waals surface area contributed by atoms with Crippen LogP contribution >= 0.6 is 0 Å². The summed E-state index contributed by atoms with van der Waals surface area (Å²) in [5.41, 5.74) is 1.17. The maximum Gasteiger partial charge on any atom is 0.166 e. The Labute approximate surface area is 110 Å². The highest BCUT2D eigenvalue weighted by Crippen LogP contribution is 2.29. The van der Waals surface area contributed by atoms with Crippen molar-refractivity contribution in [3.05, 3.63) is 59.2 Å². The Morgan fingerprint density at radius 2 is 1.79 bits per heavy atom. The Kier molecular flexibility index (Phi) is 3.81. The molecule has 19 heavy (non-hydrogen) atoms. The molecule has 100 valence electrons. The van der Waals surface area contributed by atoms with Crippen molar-refractivity contribution in [1.29, 1.82) is 0 Å². The summed E-state index contributed by atoms with van der Waals surface area (Å²) in [5.74, 6) is -0.773. The van der Waals surface area contributed by atoms with Gasteiger partial charge in [0.1, 0.15) is 11.6 Å². The maximum absolute atomic E-state index is 13.8. The smallest absolute Gasteiger partial charge is 0.166 e. The molecule has 2 rings (SSSR count). The molecule has 2 aromatic rings. The van der Waals surface area contributed by atoms with Crippen LogP contribution in [0, 0.1) is 18.6 Å². The number of hydrogen-bond acceptors (Lipinski definition) is 2. The van der Waals surface area contributed by atoms with Gasteiger partial charge in [-0.2, -0.15) is 0 Å². The quantitative estimate of drug-likeness (QED) is 0.903. The zero-order chi connectivity index (χ0) is 14.0. The van der Waals surface area contributed by atoms with Crippen molar-refractivity contribution in [1.82, 2.24) is 0 Å². The number of benzene rings is 2. The average molecular weight is 264 g/mol. The molecule has 0 saturated carbocycles. The molecule has 0 aliphatic carbocycles. The third kappa shape index (κ3) is 3.09. The largest absolute Gasteiger partial charge is 0.454 e. The number of hydrogen-bond donors (Lipinski definition) is 1. The molecule has 0 saturated heterocycles. The fourth-order valence-corrected chi connectivity index (χ4v) is 1.66. The molecular weight excluding hydrogens is 250 g/mol. The maximum atomic E-state index is 13.8. The van der Waals surface area contributed by atoms with E-state index in [1.54, 1.807) is 26.0 Å². The number of ether oxygens (including phenoxy) is 1. The van der Waals surface area contributed by atoms with Gasteiger partial charge in [-0.1, -0.05) is 12.1 Å². The molecule has 0 spiro atoms. The lowest BCUT2D eigenvalue weighted by Gasteiger charge is -2.11. The SMILES string of the molecule is Cc1ccc(F)cc1Oc1ccc([C@H](C)O)cc1F. The topological polar surface area (TPSA) is 29.5 Å². The van der Waals surface area contributed by atoms with Gasteiger partial charge in [0.2, 0.25) is 0 Å². The number of rotatable bonds is 3. The molecule has 2 nitrogen and oxygen atoms in total. The van der Waals surface area contributed by atoms with Crippen LogP contribution in [0.3, 0.4) is 0 Å². The first-order valence-electron chi connectivity index (χ1n) is 5.89. The van der Waals surface area contributed by atoms with Crippen molar-refractivity contribution < 1.29 is 18.6 Å². The minimum Gasteiger partial charge on any atom is -0.454 e. The summed E-state index contributed by atoms with van der Waals surface area (Å²) >= 11 is 0. The highest BCUT2D eigenvalue weighted by atomic mass is 19.1. The first-order valence-corrected chi connectivity index (χ1v) is 5.89. The second-order valence-corrected chi connectivity index (χ2v) is 4.38. The van der Waals surface area contributed by atoms with E-state index in [0.717, 1.165) is 0 Å². The summed E-state index contributed by atoms with van der Waals surface area (Å²) in [4.78, 5) is 0. The lowest BCUT2D eigenvalue weighted by molar-refractivity contribution is 0.198. The summed E-state index contributed by atoms with van der Waals surface area (Å²) in [7, 11) is 0. The molecule has 0 radical (unpaired) electrons. The summed E-state index contributed by atoms with van der Waals surface area (Å²) in [6.45, 7) is 3.29. The average Bonchev–Trinajstić information content (AvgIpc) is 2.36. The summed E-state index contributed by atoms with van der Waals surface area (Å²) in [5, 5.41) is 9.35. The molecule has 0 aromatic heterocycles. The van der Waals surface area contributed by atoms with Crippen LogP contribution in [0.1, 0.15) is 24.2 Å². The predicted octanol–water partition coefficient (Wildman–Crippen LogP) is 4.12. The van der Waals surface area contributed by atoms with Gasteiger partial charge in [0, 0.05) is 6.07 Å². The van der Waals surface area contributed by atoms with Gasteiger partial charge in [-0.3, -0.25) is 0 Å². The van der Waals surface area contributed by atoms with Crippen LogP contribution in [-0.4, -0.2) is 5.11 Å². The highest BCUT2D eigenvalue weighted by Gasteiger charge is 2.10. The summed E-state index contributed by atoms with van der Waals surface area (Å²) in [6.07, 6.45) is -0.751. The Morgan fingerprint density at radius 1 is 1.05 bits per heavy atom. The minimum absolute atomic E-state index is 0.00176. The fourth-order valence-electron chi connectivity index (χ4n) is 1.66. The van der Waals surface area contributed by atoms with Gasteiger partial charge >= 0.3 is 0 Å². The molecule has 0 aliphatic rings. The van der Waals surface area contributed by atoms with Gasteiger partial charge in [0.25, 0.3) is 0 Å². The molecular formula is C15H14F2O2. The Hall–Kier alpha value is -1.94. The van der Waals surface area contributed by atoms with Crippen molar-refractivity contribution in [2.75, 3.05) is 0 Å². The molecule has 2 aromatic carbocycles. The van der Waals surface area contributed by atoms with Gasteiger partial charge in [-0.05, 0) is 43.2 Å². The predicted molar refractivity (Wildman–Crippen MR) is 68.2 cm³/mol. The molecule has 0 unspecified atom stereocenters. The van der Waals surface area contributed by atoms with Crippen LogP contribution in [0.4, 0.5) is 8.78 Å². The fraction of sp³-hybridized carbons (Fsp3) is 0.200. The van der Waals surface area contributed by atoms with Crippen molar-refractivity contribution in [3.8, 4) is 11.5 Å². The molecule has 0 bridgehead atoms. The van der Waals surface area contributed by atoms with Crippen LogP contribution in [0.5, 0.6) is 11.5 Å². The lowest BCUT2D eigenvalue weighted by atomic mass is 10.1. The second kappa shape index (κ2) is 5.36. The van der Waals surface area contributed by atoms with E-state index in [1.807, 2.05) is 0 Å². The Morgan fingerprint density at radius 3 is 2.42 bits per heavy atom. The highest BCUT2D eigenvalue weighted by molar-refractivity contribution is 5.39. The van der Waals surface area contributed by atoms with Gasteiger partial charge in [-0.25, -0.2) is 8.78 Å². The molecule has 0 amide bonds. The normalized spacial score (nSPS) is 12.3. The van der Waals surface area contributed by atoms with E-state index in [4.69, 9.17) is 4.74 Å². The van der Waals surface area contributed by atoms with Crippen LogP contribution in [0.2, 0.25) is 0 Å². The standard InChI is InChI=1S/C15H14F2O2/c1-9-3-5-12(16)8-15(9)19-14-6-4-11(10(2)18)7-13(14)17/h3-8,10,18H,1-2H3/t10-/m0/s1. The second-order valence-electron chi connectivity index (χ2n) is 4.38. The van der Waals surface area contributed by atoms with Crippen LogP contribution in [0.15, 0.2) is 36.4 Å². The molecule has 4 heteroatoms. The van der Waals surface area contributed by atoms with Gasteiger partial charge in [0.05, 0.1) is 6.10 Å². The number of aliphatic hydroxyl groups excluding tert-OH is 1. The first-order chi connectivity index (χ1) is 8.97. The molecule has 1 N–H and O–H groups in total. The Bertz CT molecular complexity index is 595. The number of halogens is 2. The zero-order valence-corrected chi connectivity index (χ0v) is 10.7. The van der Waals surface area contributed by atoms with E-state index >= 15 is 0 Å². The zero-order valence-electron chi connectivity index (χ0n) is 10.7. The van der Waals surface area contributed by atoms with E-state index in [9.17, 15) is 13.9 Å². The number of aryl methyl sites for hydroxylation is 1. The van der Waals surface area contributed by atoms with Crippen LogP contribution in [0.25, 0.3) is 0 Å². The van der Waals surface area contributed by atoms with E-state index in [1.165, 1.54) is 24.3 Å². The summed E-state index contributed by atoms with van der Waals surface area (Å²) < 4.78 is 32.3. The van der Waals surface area contributed by atoms with Gasteiger partial charge < -0.3 is 9.84 Å². The van der Waals surface area contributed by atoms with Crippen molar-refractivity contribution >= 4 is 0 Å². The van der Waals surface area contributed by atoms with Crippen molar-refractivity contribution in [2.45, 2.75) is 20.0 Å². The molecule has 1 atom stereocenters. The lowest BCUT2D eigenvalue weighted by Crippen LogP contribution is -1.95. The van der Waals surface area contributed by atoms with Gasteiger partial charge in [0.15, 0.2) is 11.6 Å². The van der Waals surface area contributed by atoms with Crippen LogP contribution in [-0.2, 0) is 0 Å². The van der Waals surface area contributed by atoms with E-state index in [2.05, 4.69) is 0 Å². The van der Waals surface area contributed by atoms with Gasteiger partial charge in [-0.15, -0.1) is 0 Å². The minimum atomic E-state index is -0.751. The van der Waals surface area contributed by atoms with E-state index < -0.39 is 17.7 Å². The third-order valence-electron chi connectivity index (χ3n) is 2.81. The van der Waals surface area contributed by atoms with Crippen molar-refractivity contribution in [3.63, 3.8) is 0 Å². The molecule has 0 heterocycles. The van der Waals surface area contributed by atoms with E-state index in [0.29, 0.717) is 11.1 Å². The Balaban J connectivity index is 2.31. The van der Waals surface area contributed by atoms with E-state index in [-0.39, 0.29) is 11.5 Å². The van der Waals surface area contributed by atoms with Crippen molar-refractivity contribution in [2.24, 2.45) is 0 Å². The summed E-state index contributed by atoms with van der Waals surface area (Å²) in [6, 6.07) is 8.27. The molecule has 0 fully saturated rings. The molecule has 0 aliphatic heterocycles. The third-order valence-corrected chi connectivity index (χ3v) is 2.81.